The highest BCUT2D eigenvalue weighted by Gasteiger charge is 2.28. The standard InChI is InChI=1S/C27H54O7S/c1-7-10-11-12-13-14-15-16-17-18-19-20-21-22-26(33-25(5)31-9-3)27(34-35(6,28)29)23-32-24(4)30-8-2/h21-22,24-27H,7-20,23H2,1-6H3/t24?,25?,26-,27-/m0/s1. The van der Waals surface area contributed by atoms with Crippen LogP contribution in [-0.2, 0) is 33.2 Å². The molecule has 7 nitrogen and oxygen atoms in total. The van der Waals surface area contributed by atoms with Gasteiger partial charge in [-0.05, 0) is 40.5 Å². The minimum Gasteiger partial charge on any atom is -0.353 e. The predicted octanol–water partition coefficient (Wildman–Crippen LogP) is 6.76. The van der Waals surface area contributed by atoms with Crippen molar-refractivity contribution in [2.75, 3.05) is 26.1 Å². The molecule has 0 saturated heterocycles. The SMILES string of the molecule is CCCCCCCCCCCCCC=C[C@H](OC(C)OCC)[C@H](COC(C)OCC)OS(C)(=O)=O. The molecule has 2 unspecified atom stereocenters. The third-order valence-corrected chi connectivity index (χ3v) is 6.21. The van der Waals surface area contributed by atoms with Gasteiger partial charge >= 0.3 is 0 Å². The summed E-state index contributed by atoms with van der Waals surface area (Å²) in [7, 11) is -3.71. The number of ether oxygens (including phenoxy) is 4. The zero-order chi connectivity index (χ0) is 26.4. The Morgan fingerprint density at radius 1 is 0.714 bits per heavy atom. The normalized spacial score (nSPS) is 15.9. The number of unbranched alkanes of at least 4 members (excludes halogenated alkanes) is 11. The van der Waals surface area contributed by atoms with E-state index in [9.17, 15) is 8.42 Å². The second-order valence-electron chi connectivity index (χ2n) is 9.07. The highest BCUT2D eigenvalue weighted by molar-refractivity contribution is 7.86. The predicted molar refractivity (Wildman–Crippen MR) is 143 cm³/mol. The van der Waals surface area contributed by atoms with Crippen LogP contribution in [-0.4, -0.2) is 59.3 Å². The molecule has 0 aromatic heterocycles. The molecule has 0 aliphatic rings. The quantitative estimate of drug-likeness (QED) is 0.0567. The highest BCUT2D eigenvalue weighted by Crippen LogP contribution is 2.16. The molecule has 0 aromatic carbocycles. The third kappa shape index (κ3) is 22.4. The van der Waals surface area contributed by atoms with Gasteiger partial charge in [-0.25, -0.2) is 0 Å². The van der Waals surface area contributed by atoms with Crippen LogP contribution in [0.15, 0.2) is 12.2 Å². The van der Waals surface area contributed by atoms with E-state index in [1.165, 1.54) is 64.2 Å². The minimum absolute atomic E-state index is 0.0144. The number of hydrogen-bond donors (Lipinski definition) is 0. The molecule has 0 rings (SSSR count). The average Bonchev–Trinajstić information content (AvgIpc) is 2.78. The van der Waals surface area contributed by atoms with Crippen molar-refractivity contribution >= 4 is 10.1 Å². The van der Waals surface area contributed by atoms with Crippen LogP contribution in [0, 0.1) is 0 Å². The van der Waals surface area contributed by atoms with Crippen LogP contribution >= 0.6 is 0 Å². The summed E-state index contributed by atoms with van der Waals surface area (Å²) in [6, 6.07) is 0. The van der Waals surface area contributed by atoms with Crippen molar-refractivity contribution < 1.29 is 31.5 Å². The van der Waals surface area contributed by atoms with Crippen LogP contribution in [0.25, 0.3) is 0 Å². The molecule has 4 atom stereocenters. The van der Waals surface area contributed by atoms with Gasteiger partial charge in [-0.2, -0.15) is 8.42 Å². The van der Waals surface area contributed by atoms with Crippen molar-refractivity contribution in [2.45, 2.75) is 136 Å². The first-order valence-electron chi connectivity index (χ1n) is 13.8. The number of rotatable bonds is 25. The largest absolute Gasteiger partial charge is 0.353 e. The average molecular weight is 523 g/mol. The van der Waals surface area contributed by atoms with E-state index in [0.717, 1.165) is 19.1 Å². The highest BCUT2D eigenvalue weighted by atomic mass is 32.2. The third-order valence-electron chi connectivity index (χ3n) is 5.61. The second-order valence-corrected chi connectivity index (χ2v) is 10.7. The second kappa shape index (κ2) is 22.7. The molecule has 0 heterocycles. The van der Waals surface area contributed by atoms with Crippen molar-refractivity contribution in [1.82, 2.24) is 0 Å². The van der Waals surface area contributed by atoms with E-state index in [0.29, 0.717) is 13.2 Å². The summed E-state index contributed by atoms with van der Waals surface area (Å²) in [5.74, 6) is 0. The smallest absolute Gasteiger partial charge is 0.264 e. The van der Waals surface area contributed by atoms with E-state index in [1.807, 2.05) is 26.0 Å². The van der Waals surface area contributed by atoms with Crippen LogP contribution < -0.4 is 0 Å². The zero-order valence-corrected chi connectivity index (χ0v) is 24.2. The first kappa shape index (κ1) is 34.5. The first-order chi connectivity index (χ1) is 16.7. The molecule has 0 bridgehead atoms. The Kier molecular flexibility index (Phi) is 22.3. The van der Waals surface area contributed by atoms with Gasteiger partial charge in [-0.1, -0.05) is 83.3 Å². The summed E-state index contributed by atoms with van der Waals surface area (Å²) in [4.78, 5) is 0. The maximum atomic E-state index is 11.9. The van der Waals surface area contributed by atoms with Gasteiger partial charge in [0.2, 0.25) is 0 Å². The molecule has 0 spiro atoms. The van der Waals surface area contributed by atoms with Crippen molar-refractivity contribution in [3.05, 3.63) is 12.2 Å². The fourth-order valence-corrected chi connectivity index (χ4v) is 4.44. The van der Waals surface area contributed by atoms with Gasteiger partial charge in [0.25, 0.3) is 10.1 Å². The zero-order valence-electron chi connectivity index (χ0n) is 23.3. The summed E-state index contributed by atoms with van der Waals surface area (Å²) in [6.07, 6.45) is 17.7. The van der Waals surface area contributed by atoms with Gasteiger partial charge in [-0.3, -0.25) is 4.18 Å². The molecule has 0 fully saturated rings. The van der Waals surface area contributed by atoms with E-state index < -0.39 is 34.9 Å². The number of allylic oxidation sites excluding steroid dienone is 1. The lowest BCUT2D eigenvalue weighted by Gasteiger charge is -2.27. The van der Waals surface area contributed by atoms with Gasteiger partial charge in [0, 0.05) is 13.2 Å². The molecule has 0 saturated carbocycles. The van der Waals surface area contributed by atoms with E-state index in [1.54, 1.807) is 13.8 Å². The van der Waals surface area contributed by atoms with Gasteiger partial charge in [0.1, 0.15) is 12.2 Å². The Labute approximate surface area is 216 Å². The molecule has 0 aliphatic heterocycles. The Morgan fingerprint density at radius 2 is 1.23 bits per heavy atom. The molecule has 0 aromatic rings. The minimum atomic E-state index is -3.71. The lowest BCUT2D eigenvalue weighted by molar-refractivity contribution is -0.186. The first-order valence-corrected chi connectivity index (χ1v) is 15.6. The fourth-order valence-electron chi connectivity index (χ4n) is 3.82. The summed E-state index contributed by atoms with van der Waals surface area (Å²) < 4.78 is 51.7. The Balaban J connectivity index is 4.65. The molecule has 0 radical (unpaired) electrons. The van der Waals surface area contributed by atoms with E-state index in [2.05, 4.69) is 6.92 Å². The van der Waals surface area contributed by atoms with Crippen molar-refractivity contribution in [3.63, 3.8) is 0 Å². The molecule has 0 amide bonds. The molecule has 0 aliphatic carbocycles. The summed E-state index contributed by atoms with van der Waals surface area (Å²) in [5, 5.41) is 0. The fraction of sp³-hybridized carbons (Fsp3) is 0.926. The van der Waals surface area contributed by atoms with E-state index in [-0.39, 0.29) is 6.61 Å². The van der Waals surface area contributed by atoms with Crippen LogP contribution in [0.1, 0.15) is 112 Å². The van der Waals surface area contributed by atoms with E-state index in [4.69, 9.17) is 23.1 Å². The Hall–Kier alpha value is -0.510. The van der Waals surface area contributed by atoms with E-state index >= 15 is 0 Å². The van der Waals surface area contributed by atoms with Crippen molar-refractivity contribution in [3.8, 4) is 0 Å². The summed E-state index contributed by atoms with van der Waals surface area (Å²) in [6.45, 7) is 10.6. The van der Waals surface area contributed by atoms with Crippen molar-refractivity contribution in [2.24, 2.45) is 0 Å². The Bertz CT molecular complexity index is 594. The lowest BCUT2D eigenvalue weighted by atomic mass is 10.0. The topological polar surface area (TPSA) is 80.3 Å². The molecule has 35 heavy (non-hydrogen) atoms. The molecule has 210 valence electrons. The monoisotopic (exact) mass is 522 g/mol. The maximum absolute atomic E-state index is 11.9. The van der Waals surface area contributed by atoms with Gasteiger partial charge in [0.15, 0.2) is 12.6 Å². The van der Waals surface area contributed by atoms with Gasteiger partial charge in [0.05, 0.1) is 12.9 Å². The van der Waals surface area contributed by atoms with Gasteiger partial charge in [-0.15, -0.1) is 0 Å². The van der Waals surface area contributed by atoms with Gasteiger partial charge < -0.3 is 18.9 Å². The number of hydrogen-bond acceptors (Lipinski definition) is 7. The summed E-state index contributed by atoms with van der Waals surface area (Å²) >= 11 is 0. The molecule has 0 N–H and O–H groups in total. The Morgan fingerprint density at radius 3 is 1.74 bits per heavy atom. The molecular weight excluding hydrogens is 468 g/mol. The van der Waals surface area contributed by atoms with Crippen LogP contribution in [0.4, 0.5) is 0 Å². The maximum Gasteiger partial charge on any atom is 0.264 e. The van der Waals surface area contributed by atoms with Crippen molar-refractivity contribution in [1.29, 1.82) is 0 Å². The van der Waals surface area contributed by atoms with Crippen LogP contribution in [0.5, 0.6) is 0 Å². The summed E-state index contributed by atoms with van der Waals surface area (Å²) in [5.41, 5.74) is 0. The van der Waals surface area contributed by atoms with Crippen LogP contribution in [0.3, 0.4) is 0 Å². The lowest BCUT2D eigenvalue weighted by Crippen LogP contribution is -2.39. The molecule has 8 heteroatoms. The molecular formula is C27H54O7S. The van der Waals surface area contributed by atoms with Crippen LogP contribution in [0.2, 0.25) is 0 Å².